The van der Waals surface area contributed by atoms with Crippen molar-refractivity contribution in [2.24, 2.45) is 5.92 Å². The number of likely N-dealkylation sites (tertiary alicyclic amines) is 1. The van der Waals surface area contributed by atoms with E-state index in [1.807, 2.05) is 6.07 Å². The molecule has 0 saturated carbocycles. The van der Waals surface area contributed by atoms with Crippen molar-refractivity contribution in [3.05, 3.63) is 29.6 Å². The molecule has 2 fully saturated rings. The van der Waals surface area contributed by atoms with Gasteiger partial charge in [-0.3, -0.25) is 4.79 Å². The minimum absolute atomic E-state index is 0.135. The largest absolute Gasteiger partial charge is 0.481 e. The topological polar surface area (TPSA) is 72.9 Å². The van der Waals surface area contributed by atoms with Gasteiger partial charge in [-0.25, -0.2) is 9.18 Å². The monoisotopic (exact) mass is 349 g/mol. The van der Waals surface area contributed by atoms with Crippen LogP contribution in [0.25, 0.3) is 0 Å². The Labute approximate surface area is 146 Å². The molecule has 0 spiro atoms. The maximum Gasteiger partial charge on any atom is 0.317 e. The van der Waals surface area contributed by atoms with Gasteiger partial charge in [0.15, 0.2) is 0 Å². The lowest BCUT2D eigenvalue weighted by Crippen LogP contribution is -2.45. The van der Waals surface area contributed by atoms with Gasteiger partial charge in [-0.1, -0.05) is 6.07 Å². The number of carbonyl (C=O) groups excluding carboxylic acids is 1. The lowest BCUT2D eigenvalue weighted by atomic mass is 9.97. The van der Waals surface area contributed by atoms with Crippen molar-refractivity contribution >= 4 is 17.7 Å². The van der Waals surface area contributed by atoms with Gasteiger partial charge in [-0.2, -0.15) is 0 Å². The molecule has 0 radical (unpaired) electrons. The molecule has 2 aliphatic heterocycles. The number of carboxylic acid groups (broad SMARTS) is 1. The van der Waals surface area contributed by atoms with Crippen LogP contribution >= 0.6 is 0 Å². The van der Waals surface area contributed by atoms with Crippen LogP contribution in [0, 0.1) is 11.7 Å². The summed E-state index contributed by atoms with van der Waals surface area (Å²) >= 11 is 0. The molecule has 25 heavy (non-hydrogen) atoms. The molecule has 2 amide bonds. The van der Waals surface area contributed by atoms with E-state index in [2.05, 4.69) is 10.2 Å². The molecule has 2 heterocycles. The van der Waals surface area contributed by atoms with Crippen molar-refractivity contribution in [2.45, 2.75) is 32.2 Å². The molecule has 6 nitrogen and oxygen atoms in total. The molecule has 1 aromatic carbocycles. The second-order valence-electron chi connectivity index (χ2n) is 6.69. The number of carbonyl (C=O) groups is 2. The van der Waals surface area contributed by atoms with Gasteiger partial charge in [0.2, 0.25) is 0 Å². The van der Waals surface area contributed by atoms with E-state index in [1.54, 1.807) is 11.0 Å². The first-order valence-electron chi connectivity index (χ1n) is 8.84. The standard InChI is InChI=1S/C18H24FN3O3/c19-15-4-3-5-16(21-8-1-2-9-21)14(15)12-20-18(25)22-10-6-13(7-11-22)17(23)24/h3-5,13H,1-2,6-12H2,(H,20,25)(H,23,24). The Morgan fingerprint density at radius 3 is 2.48 bits per heavy atom. The Kier molecular flexibility index (Phi) is 5.40. The predicted octanol–water partition coefficient (Wildman–Crippen LogP) is 2.43. The fourth-order valence-corrected chi connectivity index (χ4v) is 3.58. The molecule has 0 aliphatic carbocycles. The summed E-state index contributed by atoms with van der Waals surface area (Å²) in [4.78, 5) is 27.1. The van der Waals surface area contributed by atoms with Crippen molar-refractivity contribution in [1.82, 2.24) is 10.2 Å². The van der Waals surface area contributed by atoms with Gasteiger partial charge < -0.3 is 20.2 Å². The highest BCUT2D eigenvalue weighted by Gasteiger charge is 2.27. The van der Waals surface area contributed by atoms with Crippen molar-refractivity contribution in [1.29, 1.82) is 0 Å². The highest BCUT2D eigenvalue weighted by molar-refractivity contribution is 5.75. The number of amides is 2. The van der Waals surface area contributed by atoms with Crippen LogP contribution < -0.4 is 10.2 Å². The molecule has 7 heteroatoms. The summed E-state index contributed by atoms with van der Waals surface area (Å²) in [5, 5.41) is 11.8. The molecule has 3 rings (SSSR count). The van der Waals surface area contributed by atoms with Gasteiger partial charge in [0.25, 0.3) is 0 Å². The van der Waals surface area contributed by atoms with E-state index >= 15 is 0 Å². The zero-order valence-corrected chi connectivity index (χ0v) is 14.2. The van der Waals surface area contributed by atoms with Crippen LogP contribution in [-0.2, 0) is 11.3 Å². The second-order valence-corrected chi connectivity index (χ2v) is 6.69. The molecule has 0 atom stereocenters. The number of benzene rings is 1. The normalized spacial score (nSPS) is 18.4. The van der Waals surface area contributed by atoms with Crippen LogP contribution in [0.2, 0.25) is 0 Å². The highest BCUT2D eigenvalue weighted by atomic mass is 19.1. The van der Waals surface area contributed by atoms with Crippen LogP contribution in [0.15, 0.2) is 18.2 Å². The Balaban J connectivity index is 1.60. The van der Waals surface area contributed by atoms with Crippen LogP contribution in [0.1, 0.15) is 31.2 Å². The van der Waals surface area contributed by atoms with Crippen LogP contribution in [0.4, 0.5) is 14.9 Å². The molecule has 0 unspecified atom stereocenters. The molecule has 2 aliphatic rings. The number of halogens is 1. The molecule has 1 aromatic rings. The Morgan fingerprint density at radius 1 is 1.16 bits per heavy atom. The van der Waals surface area contributed by atoms with Gasteiger partial charge in [0.1, 0.15) is 5.82 Å². The number of anilines is 1. The average Bonchev–Trinajstić information content (AvgIpc) is 3.14. The SMILES string of the molecule is O=C(O)C1CCN(C(=O)NCc2c(F)cccc2N2CCCC2)CC1. The van der Waals surface area contributed by atoms with Crippen LogP contribution in [-0.4, -0.2) is 48.2 Å². The number of rotatable bonds is 4. The van der Waals surface area contributed by atoms with Gasteiger partial charge in [-0.15, -0.1) is 0 Å². The number of nitrogens with zero attached hydrogens (tertiary/aromatic N) is 2. The van der Waals surface area contributed by atoms with E-state index in [0.29, 0.717) is 31.5 Å². The summed E-state index contributed by atoms with van der Waals surface area (Å²) < 4.78 is 14.3. The van der Waals surface area contributed by atoms with Crippen molar-refractivity contribution in [2.75, 3.05) is 31.1 Å². The lowest BCUT2D eigenvalue weighted by molar-refractivity contribution is -0.143. The van der Waals surface area contributed by atoms with E-state index < -0.39 is 5.97 Å². The summed E-state index contributed by atoms with van der Waals surface area (Å²) in [7, 11) is 0. The van der Waals surface area contributed by atoms with E-state index in [4.69, 9.17) is 5.11 Å². The third-order valence-electron chi connectivity index (χ3n) is 5.09. The number of urea groups is 1. The number of hydrogen-bond donors (Lipinski definition) is 2. The summed E-state index contributed by atoms with van der Waals surface area (Å²) in [6, 6.07) is 4.75. The first-order chi connectivity index (χ1) is 12.1. The molecule has 136 valence electrons. The van der Waals surface area contributed by atoms with Gasteiger partial charge in [-0.05, 0) is 37.8 Å². The minimum Gasteiger partial charge on any atom is -0.481 e. The summed E-state index contributed by atoms with van der Waals surface area (Å²) in [6.07, 6.45) is 3.12. The number of nitrogens with one attached hydrogen (secondary N) is 1. The van der Waals surface area contributed by atoms with Crippen molar-refractivity contribution in [3.63, 3.8) is 0 Å². The highest BCUT2D eigenvalue weighted by Crippen LogP contribution is 2.26. The summed E-state index contributed by atoms with van der Waals surface area (Å²) in [5.74, 6) is -1.49. The lowest BCUT2D eigenvalue weighted by Gasteiger charge is -2.30. The third kappa shape index (κ3) is 4.03. The molecule has 2 N–H and O–H groups in total. The zero-order valence-electron chi connectivity index (χ0n) is 14.2. The molecular formula is C18H24FN3O3. The Hall–Kier alpha value is -2.31. The van der Waals surface area contributed by atoms with Crippen molar-refractivity contribution < 1.29 is 19.1 Å². The fraction of sp³-hybridized carbons (Fsp3) is 0.556. The Morgan fingerprint density at radius 2 is 1.84 bits per heavy atom. The van der Waals surface area contributed by atoms with Gasteiger partial charge in [0, 0.05) is 44.0 Å². The van der Waals surface area contributed by atoms with E-state index in [-0.39, 0.29) is 24.3 Å². The maximum absolute atomic E-state index is 14.3. The third-order valence-corrected chi connectivity index (χ3v) is 5.09. The van der Waals surface area contributed by atoms with Crippen LogP contribution in [0.5, 0.6) is 0 Å². The number of aliphatic carboxylic acids is 1. The maximum atomic E-state index is 14.3. The summed E-state index contributed by atoms with van der Waals surface area (Å²) in [6.45, 7) is 2.79. The average molecular weight is 349 g/mol. The van der Waals surface area contributed by atoms with E-state index in [9.17, 15) is 14.0 Å². The minimum atomic E-state index is -0.804. The first kappa shape index (κ1) is 17.5. The number of carboxylic acids is 1. The molecule has 0 bridgehead atoms. The molecule has 0 aromatic heterocycles. The van der Waals surface area contributed by atoms with Crippen LogP contribution in [0.3, 0.4) is 0 Å². The van der Waals surface area contributed by atoms with Gasteiger partial charge >= 0.3 is 12.0 Å². The number of piperidine rings is 1. The number of hydrogen-bond acceptors (Lipinski definition) is 3. The van der Waals surface area contributed by atoms with E-state index in [1.165, 1.54) is 6.07 Å². The first-order valence-corrected chi connectivity index (χ1v) is 8.84. The van der Waals surface area contributed by atoms with E-state index in [0.717, 1.165) is 31.6 Å². The smallest absolute Gasteiger partial charge is 0.317 e. The second kappa shape index (κ2) is 7.72. The van der Waals surface area contributed by atoms with Crippen molar-refractivity contribution in [3.8, 4) is 0 Å². The van der Waals surface area contributed by atoms with Gasteiger partial charge in [0.05, 0.1) is 5.92 Å². The molecular weight excluding hydrogens is 325 g/mol. The predicted molar refractivity (Wildman–Crippen MR) is 92.0 cm³/mol. The zero-order chi connectivity index (χ0) is 17.8. The fourth-order valence-electron chi connectivity index (χ4n) is 3.58. The quantitative estimate of drug-likeness (QED) is 0.876. The summed E-state index contributed by atoms with van der Waals surface area (Å²) in [5.41, 5.74) is 1.36. The molecule has 2 saturated heterocycles. The Bertz CT molecular complexity index is 638.